The van der Waals surface area contributed by atoms with Crippen LogP contribution in [0.1, 0.15) is 29.8 Å². The molecule has 0 bridgehead atoms. The first-order valence-corrected chi connectivity index (χ1v) is 4.46. The van der Waals surface area contributed by atoms with Crippen molar-refractivity contribution in [2.75, 3.05) is 0 Å². The van der Waals surface area contributed by atoms with E-state index in [0.717, 1.165) is 11.1 Å². The second-order valence-electron chi connectivity index (χ2n) is 3.57. The molecule has 0 amide bonds. The SMILES string of the molecule is CC(C)=CC(=O)c1cc(C)ccc1F. The molecule has 0 aliphatic rings. The third-order valence-corrected chi connectivity index (χ3v) is 1.81. The molecule has 0 unspecified atom stereocenters. The van der Waals surface area contributed by atoms with E-state index in [9.17, 15) is 9.18 Å². The molecule has 2 heteroatoms. The van der Waals surface area contributed by atoms with Gasteiger partial charge in [0.2, 0.25) is 0 Å². The van der Waals surface area contributed by atoms with E-state index >= 15 is 0 Å². The topological polar surface area (TPSA) is 17.1 Å². The Kier molecular flexibility index (Phi) is 3.18. The van der Waals surface area contributed by atoms with Crippen LogP contribution in [0.5, 0.6) is 0 Å². The van der Waals surface area contributed by atoms with Gasteiger partial charge in [0.15, 0.2) is 5.78 Å². The van der Waals surface area contributed by atoms with Crippen LogP contribution in [0.15, 0.2) is 29.8 Å². The highest BCUT2D eigenvalue weighted by atomic mass is 19.1. The van der Waals surface area contributed by atoms with Crippen molar-refractivity contribution in [2.24, 2.45) is 0 Å². The molecule has 0 fully saturated rings. The molecule has 14 heavy (non-hydrogen) atoms. The Labute approximate surface area is 83.3 Å². The van der Waals surface area contributed by atoms with Gasteiger partial charge < -0.3 is 0 Å². The van der Waals surface area contributed by atoms with E-state index in [-0.39, 0.29) is 11.3 Å². The maximum Gasteiger partial charge on any atom is 0.188 e. The monoisotopic (exact) mass is 192 g/mol. The number of halogens is 1. The largest absolute Gasteiger partial charge is 0.289 e. The second kappa shape index (κ2) is 4.18. The first-order valence-electron chi connectivity index (χ1n) is 4.46. The zero-order valence-corrected chi connectivity index (χ0v) is 8.60. The number of allylic oxidation sites excluding steroid dienone is 2. The smallest absolute Gasteiger partial charge is 0.188 e. The number of carbonyl (C=O) groups is 1. The summed E-state index contributed by atoms with van der Waals surface area (Å²) in [7, 11) is 0. The normalized spacial score (nSPS) is 9.71. The Bertz CT molecular complexity index is 387. The van der Waals surface area contributed by atoms with Crippen LogP contribution < -0.4 is 0 Å². The summed E-state index contributed by atoms with van der Waals surface area (Å²) in [6, 6.07) is 4.53. The van der Waals surface area contributed by atoms with E-state index in [1.54, 1.807) is 12.1 Å². The summed E-state index contributed by atoms with van der Waals surface area (Å²) < 4.78 is 13.2. The summed E-state index contributed by atoms with van der Waals surface area (Å²) >= 11 is 0. The number of hydrogen-bond acceptors (Lipinski definition) is 1. The van der Waals surface area contributed by atoms with Crippen LogP contribution in [0.4, 0.5) is 4.39 Å². The van der Waals surface area contributed by atoms with Crippen molar-refractivity contribution < 1.29 is 9.18 Å². The minimum atomic E-state index is -0.460. The standard InChI is InChI=1S/C12H13FO/c1-8(2)6-12(14)10-7-9(3)4-5-11(10)13/h4-7H,1-3H3. The summed E-state index contributed by atoms with van der Waals surface area (Å²) in [5.74, 6) is -0.732. The van der Waals surface area contributed by atoms with Crippen molar-refractivity contribution in [3.05, 3.63) is 46.8 Å². The fourth-order valence-electron chi connectivity index (χ4n) is 1.17. The summed E-state index contributed by atoms with van der Waals surface area (Å²) in [6.45, 7) is 5.45. The highest BCUT2D eigenvalue weighted by Crippen LogP contribution is 2.12. The third kappa shape index (κ3) is 2.52. The highest BCUT2D eigenvalue weighted by Gasteiger charge is 2.08. The first-order chi connectivity index (χ1) is 6.50. The molecule has 0 heterocycles. The van der Waals surface area contributed by atoms with Gasteiger partial charge in [0.05, 0.1) is 5.56 Å². The predicted octanol–water partition coefficient (Wildman–Crippen LogP) is 3.28. The van der Waals surface area contributed by atoms with Gasteiger partial charge in [0.1, 0.15) is 5.82 Å². The summed E-state index contributed by atoms with van der Waals surface area (Å²) in [6.07, 6.45) is 1.44. The predicted molar refractivity (Wildman–Crippen MR) is 54.9 cm³/mol. The summed E-state index contributed by atoms with van der Waals surface area (Å²) in [5, 5.41) is 0. The quantitative estimate of drug-likeness (QED) is 0.519. The van der Waals surface area contributed by atoms with Crippen LogP contribution in [0.2, 0.25) is 0 Å². The van der Waals surface area contributed by atoms with E-state index in [0.29, 0.717) is 0 Å². The third-order valence-electron chi connectivity index (χ3n) is 1.81. The first kappa shape index (κ1) is 10.6. The second-order valence-corrected chi connectivity index (χ2v) is 3.57. The van der Waals surface area contributed by atoms with Crippen LogP contribution >= 0.6 is 0 Å². The lowest BCUT2D eigenvalue weighted by Crippen LogP contribution is -1.99. The molecule has 1 rings (SSSR count). The molecule has 0 atom stereocenters. The van der Waals surface area contributed by atoms with Crippen LogP contribution in [-0.4, -0.2) is 5.78 Å². The molecular formula is C12H13FO. The lowest BCUT2D eigenvalue weighted by atomic mass is 10.1. The molecule has 0 aliphatic heterocycles. The van der Waals surface area contributed by atoms with E-state index in [4.69, 9.17) is 0 Å². The number of ketones is 1. The lowest BCUT2D eigenvalue weighted by Gasteiger charge is -2.00. The maximum absolute atomic E-state index is 13.2. The average Bonchev–Trinajstić information content (AvgIpc) is 2.08. The van der Waals surface area contributed by atoms with E-state index in [1.165, 1.54) is 12.1 Å². The Morgan fingerprint density at radius 3 is 2.57 bits per heavy atom. The van der Waals surface area contributed by atoms with E-state index in [2.05, 4.69) is 0 Å². The summed E-state index contributed by atoms with van der Waals surface area (Å²) in [5.41, 5.74) is 1.90. The molecule has 0 N–H and O–H groups in total. The number of benzene rings is 1. The van der Waals surface area contributed by atoms with Gasteiger partial charge in [-0.25, -0.2) is 4.39 Å². The molecule has 1 aromatic rings. The number of aryl methyl sites for hydroxylation is 1. The molecule has 0 spiro atoms. The lowest BCUT2D eigenvalue weighted by molar-refractivity contribution is 0.104. The zero-order valence-electron chi connectivity index (χ0n) is 8.60. The Hall–Kier alpha value is -1.44. The van der Waals surface area contributed by atoms with Crippen LogP contribution in [-0.2, 0) is 0 Å². The number of hydrogen-bond donors (Lipinski definition) is 0. The van der Waals surface area contributed by atoms with Gasteiger partial charge in [0.25, 0.3) is 0 Å². The molecule has 1 aromatic carbocycles. The van der Waals surface area contributed by atoms with Gasteiger partial charge in [-0.2, -0.15) is 0 Å². The molecule has 1 nitrogen and oxygen atoms in total. The van der Waals surface area contributed by atoms with Gasteiger partial charge in [0, 0.05) is 0 Å². The van der Waals surface area contributed by atoms with Gasteiger partial charge in [-0.05, 0) is 39.0 Å². The van der Waals surface area contributed by atoms with Gasteiger partial charge in [-0.1, -0.05) is 17.2 Å². The Morgan fingerprint density at radius 2 is 2.00 bits per heavy atom. The van der Waals surface area contributed by atoms with Crippen LogP contribution in [0.25, 0.3) is 0 Å². The molecule has 74 valence electrons. The van der Waals surface area contributed by atoms with E-state index in [1.807, 2.05) is 20.8 Å². The molecule has 0 aliphatic carbocycles. The van der Waals surface area contributed by atoms with Crippen molar-refractivity contribution in [2.45, 2.75) is 20.8 Å². The minimum absolute atomic E-state index is 0.145. The fraction of sp³-hybridized carbons (Fsp3) is 0.250. The zero-order chi connectivity index (χ0) is 10.7. The van der Waals surface area contributed by atoms with Crippen LogP contribution in [0, 0.1) is 12.7 Å². The average molecular weight is 192 g/mol. The summed E-state index contributed by atoms with van der Waals surface area (Å²) in [4.78, 5) is 11.5. The van der Waals surface area contributed by atoms with Crippen molar-refractivity contribution in [3.63, 3.8) is 0 Å². The number of carbonyl (C=O) groups excluding carboxylic acids is 1. The van der Waals surface area contributed by atoms with Crippen LogP contribution in [0.3, 0.4) is 0 Å². The molecule has 0 radical (unpaired) electrons. The molecule has 0 saturated carbocycles. The maximum atomic E-state index is 13.2. The molecule has 0 saturated heterocycles. The van der Waals surface area contributed by atoms with E-state index < -0.39 is 5.82 Å². The molecular weight excluding hydrogens is 179 g/mol. The van der Waals surface area contributed by atoms with Gasteiger partial charge in [-0.3, -0.25) is 4.79 Å². The molecule has 0 aromatic heterocycles. The fourth-order valence-corrected chi connectivity index (χ4v) is 1.17. The number of rotatable bonds is 2. The van der Waals surface area contributed by atoms with Crippen molar-refractivity contribution in [3.8, 4) is 0 Å². The van der Waals surface area contributed by atoms with Crippen molar-refractivity contribution in [1.82, 2.24) is 0 Å². The highest BCUT2D eigenvalue weighted by molar-refractivity contribution is 6.05. The van der Waals surface area contributed by atoms with Crippen molar-refractivity contribution >= 4 is 5.78 Å². The van der Waals surface area contributed by atoms with Gasteiger partial charge >= 0.3 is 0 Å². The van der Waals surface area contributed by atoms with Crippen molar-refractivity contribution in [1.29, 1.82) is 0 Å². The van der Waals surface area contributed by atoms with Gasteiger partial charge in [-0.15, -0.1) is 0 Å². The Morgan fingerprint density at radius 1 is 1.36 bits per heavy atom. The minimum Gasteiger partial charge on any atom is -0.289 e. The Balaban J connectivity index is 3.12.